The molecule has 3 aromatic rings. The van der Waals surface area contributed by atoms with Gasteiger partial charge in [0.1, 0.15) is 5.75 Å². The lowest BCUT2D eigenvalue weighted by atomic mass is 9.97. The van der Waals surface area contributed by atoms with Gasteiger partial charge in [-0.05, 0) is 74.1 Å². The van der Waals surface area contributed by atoms with Crippen LogP contribution in [0, 0.1) is 13.8 Å². The molecule has 31 heavy (non-hydrogen) atoms. The number of thiocarbonyl (C=S) groups is 1. The van der Waals surface area contributed by atoms with Crippen molar-refractivity contribution in [2.24, 2.45) is 0 Å². The summed E-state index contributed by atoms with van der Waals surface area (Å²) in [4.78, 5) is 6.84. The van der Waals surface area contributed by atoms with Gasteiger partial charge in [0, 0.05) is 36.9 Å². The molecule has 4 rings (SSSR count). The van der Waals surface area contributed by atoms with Crippen LogP contribution in [0.2, 0.25) is 0 Å². The number of ether oxygens (including phenoxy) is 2. The Hall–Kier alpha value is -2.90. The second-order valence-electron chi connectivity index (χ2n) is 7.67. The van der Waals surface area contributed by atoms with Crippen molar-refractivity contribution in [2.75, 3.05) is 27.4 Å². The fourth-order valence-electron chi connectivity index (χ4n) is 4.39. The molecule has 3 heterocycles. The van der Waals surface area contributed by atoms with Gasteiger partial charge >= 0.3 is 0 Å². The van der Waals surface area contributed by atoms with E-state index in [2.05, 4.69) is 57.9 Å². The number of nitrogens with one attached hydrogen (secondary N) is 1. The molecule has 1 N–H and O–H groups in total. The van der Waals surface area contributed by atoms with E-state index in [0.29, 0.717) is 13.2 Å². The predicted molar refractivity (Wildman–Crippen MR) is 126 cm³/mol. The first-order valence-electron chi connectivity index (χ1n) is 10.4. The number of aryl methyl sites for hydroxylation is 1. The van der Waals surface area contributed by atoms with Crippen molar-refractivity contribution in [1.29, 1.82) is 0 Å². The molecule has 0 radical (unpaired) electrons. The second kappa shape index (κ2) is 9.08. The molecule has 1 aliphatic heterocycles. The minimum atomic E-state index is -0.0321. The van der Waals surface area contributed by atoms with Crippen LogP contribution >= 0.6 is 12.2 Å². The average Bonchev–Trinajstić information content (AvgIpc) is 3.27. The van der Waals surface area contributed by atoms with Gasteiger partial charge in [0.15, 0.2) is 5.11 Å². The molecule has 162 valence electrons. The number of nitrogens with zero attached hydrogens (tertiary/aromatic N) is 3. The van der Waals surface area contributed by atoms with Crippen molar-refractivity contribution < 1.29 is 9.47 Å². The fraction of sp³-hybridized carbons (Fsp3) is 0.333. The van der Waals surface area contributed by atoms with Crippen LogP contribution in [0.25, 0.3) is 5.69 Å². The molecule has 7 heteroatoms. The van der Waals surface area contributed by atoms with Crippen LogP contribution in [0.1, 0.15) is 34.7 Å². The van der Waals surface area contributed by atoms with E-state index in [1.807, 2.05) is 30.5 Å². The number of hydrogen-bond acceptors (Lipinski definition) is 4. The van der Waals surface area contributed by atoms with Gasteiger partial charge in [-0.1, -0.05) is 6.07 Å². The highest BCUT2D eigenvalue weighted by Gasteiger charge is 2.41. The summed E-state index contributed by atoms with van der Waals surface area (Å²) in [6, 6.07) is 16.4. The average molecular weight is 437 g/mol. The zero-order valence-corrected chi connectivity index (χ0v) is 19.1. The zero-order valence-electron chi connectivity index (χ0n) is 18.3. The monoisotopic (exact) mass is 436 g/mol. The molecule has 1 saturated heterocycles. The van der Waals surface area contributed by atoms with Crippen LogP contribution in [0.15, 0.2) is 54.7 Å². The van der Waals surface area contributed by atoms with E-state index >= 15 is 0 Å². The van der Waals surface area contributed by atoms with Crippen LogP contribution in [0.3, 0.4) is 0 Å². The van der Waals surface area contributed by atoms with Gasteiger partial charge in [-0.25, -0.2) is 0 Å². The first kappa shape index (κ1) is 21.3. The smallest absolute Gasteiger partial charge is 0.170 e. The van der Waals surface area contributed by atoms with E-state index in [1.165, 1.54) is 17.0 Å². The van der Waals surface area contributed by atoms with Crippen molar-refractivity contribution in [3.63, 3.8) is 0 Å². The largest absolute Gasteiger partial charge is 0.497 e. The van der Waals surface area contributed by atoms with E-state index in [1.54, 1.807) is 14.2 Å². The molecule has 0 amide bonds. The lowest BCUT2D eigenvalue weighted by Crippen LogP contribution is -2.32. The molecule has 6 nitrogen and oxygen atoms in total. The molecule has 0 spiro atoms. The Balaban J connectivity index is 1.79. The van der Waals surface area contributed by atoms with Crippen molar-refractivity contribution in [2.45, 2.75) is 25.9 Å². The first-order valence-corrected chi connectivity index (χ1v) is 10.8. The van der Waals surface area contributed by atoms with Crippen LogP contribution in [0.4, 0.5) is 0 Å². The van der Waals surface area contributed by atoms with Gasteiger partial charge in [-0.2, -0.15) is 0 Å². The Morgan fingerprint density at radius 3 is 2.52 bits per heavy atom. The first-order chi connectivity index (χ1) is 15.0. The van der Waals surface area contributed by atoms with Gasteiger partial charge in [0.25, 0.3) is 0 Å². The van der Waals surface area contributed by atoms with Gasteiger partial charge < -0.3 is 24.3 Å². The Morgan fingerprint density at radius 2 is 1.87 bits per heavy atom. The Labute approximate surface area is 188 Å². The zero-order chi connectivity index (χ0) is 22.0. The maximum atomic E-state index is 5.72. The third-order valence-corrected chi connectivity index (χ3v) is 6.21. The lowest BCUT2D eigenvalue weighted by molar-refractivity contribution is 0.164. The molecule has 0 saturated carbocycles. The number of methoxy groups -OCH3 is 2. The third kappa shape index (κ3) is 4.03. The summed E-state index contributed by atoms with van der Waals surface area (Å²) in [7, 11) is 3.40. The molecular formula is C24H28N4O2S. The molecule has 1 fully saturated rings. The van der Waals surface area contributed by atoms with E-state index in [4.69, 9.17) is 21.7 Å². The SMILES string of the molecule is COCCN1C(=S)NC(c2ccccn2)C1c1cc(C)n(-c2ccc(OC)cc2)c1C. The highest BCUT2D eigenvalue weighted by atomic mass is 32.1. The summed E-state index contributed by atoms with van der Waals surface area (Å²) in [5.41, 5.74) is 5.66. The van der Waals surface area contributed by atoms with E-state index in [0.717, 1.165) is 22.2 Å². The van der Waals surface area contributed by atoms with E-state index < -0.39 is 0 Å². The standard InChI is InChI=1S/C24H28N4O2S/c1-16-15-20(17(2)28(16)18-8-10-19(30-4)11-9-18)23-22(21-7-5-6-12-25-21)26-24(31)27(23)13-14-29-3/h5-12,15,22-23H,13-14H2,1-4H3,(H,26,31). The van der Waals surface area contributed by atoms with Crippen molar-refractivity contribution in [1.82, 2.24) is 19.8 Å². The maximum Gasteiger partial charge on any atom is 0.170 e. The molecule has 2 unspecified atom stereocenters. The van der Waals surface area contributed by atoms with Crippen molar-refractivity contribution in [3.8, 4) is 11.4 Å². The summed E-state index contributed by atoms with van der Waals surface area (Å²) in [6.07, 6.45) is 1.83. The predicted octanol–water partition coefficient (Wildman–Crippen LogP) is 4.12. The number of pyridine rings is 1. The van der Waals surface area contributed by atoms with Gasteiger partial charge in [-0.3, -0.25) is 4.98 Å². The topological polar surface area (TPSA) is 51.5 Å². The molecule has 1 aromatic carbocycles. The minimum Gasteiger partial charge on any atom is -0.497 e. The summed E-state index contributed by atoms with van der Waals surface area (Å²) in [6.45, 7) is 5.61. The lowest BCUT2D eigenvalue weighted by Gasteiger charge is -2.28. The number of hydrogen-bond donors (Lipinski definition) is 1. The van der Waals surface area contributed by atoms with Crippen LogP contribution < -0.4 is 10.1 Å². The second-order valence-corrected chi connectivity index (χ2v) is 8.06. The van der Waals surface area contributed by atoms with Gasteiger partial charge in [0.05, 0.1) is 31.5 Å². The van der Waals surface area contributed by atoms with E-state index in [-0.39, 0.29) is 12.1 Å². The molecule has 2 atom stereocenters. The third-order valence-electron chi connectivity index (χ3n) is 5.85. The molecule has 0 aliphatic carbocycles. The maximum absolute atomic E-state index is 5.72. The number of rotatable bonds is 7. The highest BCUT2D eigenvalue weighted by molar-refractivity contribution is 7.80. The summed E-state index contributed by atoms with van der Waals surface area (Å²) >= 11 is 5.72. The fourth-order valence-corrected chi connectivity index (χ4v) is 4.72. The summed E-state index contributed by atoms with van der Waals surface area (Å²) in [5, 5.41) is 4.23. The van der Waals surface area contributed by atoms with Gasteiger partial charge in [0.2, 0.25) is 0 Å². The van der Waals surface area contributed by atoms with Gasteiger partial charge in [-0.15, -0.1) is 0 Å². The van der Waals surface area contributed by atoms with Crippen LogP contribution in [0.5, 0.6) is 5.75 Å². The summed E-state index contributed by atoms with van der Waals surface area (Å²) < 4.78 is 13.0. The molecule has 1 aliphatic rings. The minimum absolute atomic E-state index is 0.0238. The number of aromatic nitrogens is 2. The Kier molecular flexibility index (Phi) is 6.25. The Bertz CT molecular complexity index is 1050. The summed E-state index contributed by atoms with van der Waals surface area (Å²) in [5.74, 6) is 0.845. The highest BCUT2D eigenvalue weighted by Crippen LogP contribution is 2.41. The van der Waals surface area contributed by atoms with Crippen molar-refractivity contribution >= 4 is 17.3 Å². The van der Waals surface area contributed by atoms with Crippen LogP contribution in [-0.2, 0) is 4.74 Å². The molecular weight excluding hydrogens is 408 g/mol. The molecule has 2 aromatic heterocycles. The van der Waals surface area contributed by atoms with Crippen molar-refractivity contribution in [3.05, 3.63) is 77.4 Å². The Morgan fingerprint density at radius 1 is 1.10 bits per heavy atom. The van der Waals surface area contributed by atoms with E-state index in [9.17, 15) is 0 Å². The number of benzene rings is 1. The normalized spacial score (nSPS) is 18.3. The molecule has 0 bridgehead atoms. The quantitative estimate of drug-likeness (QED) is 0.563. The van der Waals surface area contributed by atoms with Crippen LogP contribution in [-0.4, -0.2) is 46.9 Å².